The average molecular weight is 143 g/mol. The first-order valence-corrected chi connectivity index (χ1v) is 3.90. The van der Waals surface area contributed by atoms with Crippen LogP contribution in [-0.4, -0.2) is 5.97 Å². The molecule has 0 aliphatic heterocycles. The number of hydrogen-bond acceptors (Lipinski definition) is 1. The maximum Gasteiger partial charge on any atom is 0.355 e. The second kappa shape index (κ2) is 5.27. The number of rotatable bonds is 5. The molecule has 0 amide bonds. The van der Waals surface area contributed by atoms with Crippen LogP contribution in [0.1, 0.15) is 39.5 Å². The molecule has 0 bridgehead atoms. The van der Waals surface area contributed by atoms with Gasteiger partial charge in [-0.3, -0.25) is 0 Å². The maximum absolute atomic E-state index is 10.0. The van der Waals surface area contributed by atoms with Crippen molar-refractivity contribution in [3.8, 4) is 0 Å². The minimum absolute atomic E-state index is 0.215. The molecule has 59 valence electrons. The highest BCUT2D eigenvalue weighted by molar-refractivity contribution is 5.66. The van der Waals surface area contributed by atoms with Crippen molar-refractivity contribution in [2.45, 2.75) is 39.5 Å². The van der Waals surface area contributed by atoms with E-state index in [9.17, 15) is 9.90 Å². The highest BCUT2D eigenvalue weighted by atomic mass is 16.4. The monoisotopic (exact) mass is 143 g/mol. The van der Waals surface area contributed by atoms with Gasteiger partial charge in [0.2, 0.25) is 0 Å². The summed E-state index contributed by atoms with van der Waals surface area (Å²) < 4.78 is 0. The molecule has 2 heteroatoms. The molecular weight excluding hydrogens is 128 g/mol. The first-order valence-electron chi connectivity index (χ1n) is 3.90. The summed E-state index contributed by atoms with van der Waals surface area (Å²) in [7, 11) is 0. The van der Waals surface area contributed by atoms with E-state index < -0.39 is 5.97 Å². The Balaban J connectivity index is 3.34. The molecule has 0 aromatic carbocycles. The van der Waals surface area contributed by atoms with Crippen LogP contribution in [-0.2, 0) is 9.90 Å². The molecule has 0 atom stereocenters. The molecule has 0 aliphatic rings. The predicted molar refractivity (Wildman–Crippen MR) is 39.0 cm³/mol. The second-order valence-electron chi connectivity index (χ2n) is 2.59. The smallest absolute Gasteiger partial charge is 0.247 e. The summed E-state index contributed by atoms with van der Waals surface area (Å²) >= 11 is 0. The average Bonchev–Trinajstić information content (AvgIpc) is 1.90. The van der Waals surface area contributed by atoms with E-state index in [4.69, 9.17) is 0 Å². The molecule has 0 saturated carbocycles. The van der Waals surface area contributed by atoms with Crippen LogP contribution in [0.4, 0.5) is 0 Å². The van der Waals surface area contributed by atoms with Crippen molar-refractivity contribution in [1.82, 2.24) is 0 Å². The zero-order valence-corrected chi connectivity index (χ0v) is 6.72. The zero-order chi connectivity index (χ0) is 7.98. The van der Waals surface area contributed by atoms with Gasteiger partial charge in [0.15, 0.2) is 0 Å². The van der Waals surface area contributed by atoms with E-state index in [0.29, 0.717) is 5.92 Å². The lowest BCUT2D eigenvalue weighted by molar-refractivity contribution is -0.143. The van der Waals surface area contributed by atoms with Gasteiger partial charge < -0.3 is 0 Å². The number of carbonyl (C=O) groups is 1. The van der Waals surface area contributed by atoms with Gasteiger partial charge in [-0.25, -0.2) is 9.90 Å². The summed E-state index contributed by atoms with van der Waals surface area (Å²) in [6, 6.07) is 0. The van der Waals surface area contributed by atoms with Crippen LogP contribution in [0.15, 0.2) is 0 Å². The van der Waals surface area contributed by atoms with Gasteiger partial charge in [-0.2, -0.15) is 0 Å². The fourth-order valence-electron chi connectivity index (χ4n) is 1.02. The van der Waals surface area contributed by atoms with Crippen molar-refractivity contribution in [1.29, 1.82) is 0 Å². The Morgan fingerprint density at radius 2 is 1.80 bits per heavy atom. The summed E-state index contributed by atoms with van der Waals surface area (Å²) in [5.41, 5.74) is 0. The van der Waals surface area contributed by atoms with Crippen molar-refractivity contribution < 1.29 is 9.90 Å². The Morgan fingerprint density at radius 1 is 1.30 bits per heavy atom. The van der Waals surface area contributed by atoms with E-state index in [-0.39, 0.29) is 6.42 Å². The van der Waals surface area contributed by atoms with E-state index in [2.05, 4.69) is 13.8 Å². The topological polar surface area (TPSA) is 37.0 Å². The maximum atomic E-state index is 10.0. The molecule has 0 aromatic rings. The molecule has 0 saturated heterocycles. The summed E-state index contributed by atoms with van der Waals surface area (Å²) in [5, 5.41) is 10.0. The third kappa shape index (κ3) is 4.36. The van der Waals surface area contributed by atoms with Gasteiger partial charge in [0.1, 0.15) is 0 Å². The summed E-state index contributed by atoms with van der Waals surface area (Å²) in [6.07, 6.45) is 3.13. The lowest BCUT2D eigenvalue weighted by Gasteiger charge is -2.08. The third-order valence-corrected chi connectivity index (χ3v) is 1.91. The lowest BCUT2D eigenvalue weighted by atomic mass is 9.98. The van der Waals surface area contributed by atoms with Gasteiger partial charge in [0, 0.05) is 0 Å². The molecule has 0 heterocycles. The highest BCUT2D eigenvalue weighted by Gasteiger charge is 2.06. The summed E-state index contributed by atoms with van der Waals surface area (Å²) in [4.78, 5) is 10.0. The Morgan fingerprint density at radius 3 is 2.10 bits per heavy atom. The molecule has 0 unspecified atom stereocenters. The summed E-state index contributed by atoms with van der Waals surface area (Å²) in [6.45, 7) is 4.17. The largest absolute Gasteiger partial charge is 0.355 e. The first-order chi connectivity index (χ1) is 4.70. The van der Waals surface area contributed by atoms with Crippen LogP contribution in [0.3, 0.4) is 0 Å². The second-order valence-corrected chi connectivity index (χ2v) is 2.59. The van der Waals surface area contributed by atoms with E-state index in [1.807, 2.05) is 0 Å². The van der Waals surface area contributed by atoms with Gasteiger partial charge in [-0.05, 0) is 12.3 Å². The van der Waals surface area contributed by atoms with Crippen LogP contribution >= 0.6 is 0 Å². The lowest BCUT2D eigenvalue weighted by Crippen LogP contribution is -2.01. The molecule has 1 radical (unpaired) electrons. The Labute approximate surface area is 62.2 Å². The van der Waals surface area contributed by atoms with Gasteiger partial charge in [-0.15, -0.1) is 0 Å². The van der Waals surface area contributed by atoms with E-state index >= 15 is 0 Å². The zero-order valence-electron chi connectivity index (χ0n) is 6.72. The van der Waals surface area contributed by atoms with E-state index in [1.165, 1.54) is 0 Å². The Hall–Kier alpha value is -0.530. The van der Waals surface area contributed by atoms with Crippen molar-refractivity contribution in [3.63, 3.8) is 0 Å². The van der Waals surface area contributed by atoms with Gasteiger partial charge >= 0.3 is 5.97 Å². The molecule has 2 nitrogen and oxygen atoms in total. The van der Waals surface area contributed by atoms with Crippen LogP contribution < -0.4 is 0 Å². The normalized spacial score (nSPS) is 10.3. The van der Waals surface area contributed by atoms with Crippen molar-refractivity contribution in [2.24, 2.45) is 5.92 Å². The fourth-order valence-corrected chi connectivity index (χ4v) is 1.02. The molecular formula is C8H15O2. The molecule has 0 spiro atoms. The van der Waals surface area contributed by atoms with Crippen LogP contribution in [0.25, 0.3) is 0 Å². The third-order valence-electron chi connectivity index (χ3n) is 1.91. The van der Waals surface area contributed by atoms with E-state index in [0.717, 1.165) is 19.3 Å². The fraction of sp³-hybridized carbons (Fsp3) is 0.875. The van der Waals surface area contributed by atoms with E-state index in [1.54, 1.807) is 0 Å². The number of hydrogen-bond donors (Lipinski definition) is 0. The predicted octanol–water partition coefficient (Wildman–Crippen LogP) is 2.16. The minimum atomic E-state index is -0.924. The molecule has 10 heavy (non-hydrogen) atoms. The Bertz CT molecular complexity index is 95.4. The standard InChI is InChI=1S/C8H15O2/c1-3-7(4-2)5-6-8(9)10/h7H,3-6H2,1-2H3. The minimum Gasteiger partial charge on any atom is -0.247 e. The molecule has 0 N–H and O–H groups in total. The summed E-state index contributed by atoms with van der Waals surface area (Å²) in [5.74, 6) is -0.357. The SMILES string of the molecule is CCC(CC)CCC([O])=O. The molecule has 0 rings (SSSR count). The number of carbonyl (C=O) groups excluding carboxylic acids is 1. The molecule has 0 aromatic heterocycles. The van der Waals surface area contributed by atoms with Gasteiger partial charge in [-0.1, -0.05) is 26.7 Å². The first kappa shape index (κ1) is 9.47. The van der Waals surface area contributed by atoms with Crippen LogP contribution in [0.5, 0.6) is 0 Å². The van der Waals surface area contributed by atoms with Crippen LogP contribution in [0.2, 0.25) is 0 Å². The quantitative estimate of drug-likeness (QED) is 0.581. The van der Waals surface area contributed by atoms with Gasteiger partial charge in [0.05, 0.1) is 6.42 Å². The van der Waals surface area contributed by atoms with Crippen LogP contribution in [0, 0.1) is 5.92 Å². The van der Waals surface area contributed by atoms with Gasteiger partial charge in [0.25, 0.3) is 0 Å². The molecule has 0 fully saturated rings. The molecule has 0 aliphatic carbocycles. The van der Waals surface area contributed by atoms with Crippen molar-refractivity contribution in [3.05, 3.63) is 0 Å². The highest BCUT2D eigenvalue weighted by Crippen LogP contribution is 2.14. The van der Waals surface area contributed by atoms with Crippen molar-refractivity contribution in [2.75, 3.05) is 0 Å². The Kier molecular flexibility index (Phi) is 4.99. The van der Waals surface area contributed by atoms with Crippen molar-refractivity contribution >= 4 is 5.97 Å².